The van der Waals surface area contributed by atoms with Crippen molar-refractivity contribution in [3.05, 3.63) is 35.9 Å². The number of hydrogen-bond donors (Lipinski definition) is 1. The van der Waals surface area contributed by atoms with E-state index in [0.717, 1.165) is 19.3 Å². The largest absolute Gasteiger partial charge is 0.393 e. The van der Waals surface area contributed by atoms with Crippen LogP contribution in [0, 0.1) is 5.92 Å². The molecule has 0 aliphatic heterocycles. The highest BCUT2D eigenvalue weighted by Gasteiger charge is 2.14. The van der Waals surface area contributed by atoms with Crippen molar-refractivity contribution in [2.75, 3.05) is 0 Å². The predicted octanol–water partition coefficient (Wildman–Crippen LogP) is 3.98. The van der Waals surface area contributed by atoms with Crippen molar-refractivity contribution in [1.29, 1.82) is 0 Å². The molecule has 1 rings (SSSR count). The quantitative estimate of drug-likeness (QED) is 0.769. The monoisotopic (exact) mass is 220 g/mol. The Morgan fingerprint density at radius 2 is 1.69 bits per heavy atom. The highest BCUT2D eigenvalue weighted by atomic mass is 16.3. The molecule has 1 N–H and O–H groups in total. The molecule has 16 heavy (non-hydrogen) atoms. The third-order valence-corrected chi connectivity index (χ3v) is 3.37. The second-order valence-corrected chi connectivity index (χ2v) is 4.95. The highest BCUT2D eigenvalue weighted by Crippen LogP contribution is 2.23. The SMILES string of the molecule is CCC(C)CC(O)CC(C)c1ccccc1. The van der Waals surface area contributed by atoms with Gasteiger partial charge in [0.1, 0.15) is 0 Å². The molecule has 1 heteroatoms. The Hall–Kier alpha value is -0.820. The predicted molar refractivity (Wildman–Crippen MR) is 69.6 cm³/mol. The fraction of sp³-hybridized carbons (Fsp3) is 0.600. The molecule has 1 aromatic carbocycles. The van der Waals surface area contributed by atoms with Crippen molar-refractivity contribution in [2.24, 2.45) is 5.92 Å². The normalized spacial score (nSPS) is 16.8. The summed E-state index contributed by atoms with van der Waals surface area (Å²) in [5, 5.41) is 9.98. The third-order valence-electron chi connectivity index (χ3n) is 3.37. The van der Waals surface area contributed by atoms with Crippen LogP contribution in [-0.4, -0.2) is 11.2 Å². The van der Waals surface area contributed by atoms with Crippen LogP contribution in [0.5, 0.6) is 0 Å². The van der Waals surface area contributed by atoms with Gasteiger partial charge in [0.05, 0.1) is 6.10 Å². The number of aliphatic hydroxyl groups excluding tert-OH is 1. The molecule has 0 fully saturated rings. The number of hydrogen-bond acceptors (Lipinski definition) is 1. The highest BCUT2D eigenvalue weighted by molar-refractivity contribution is 5.18. The van der Waals surface area contributed by atoms with E-state index in [-0.39, 0.29) is 6.10 Å². The first kappa shape index (κ1) is 13.2. The first-order chi connectivity index (χ1) is 7.63. The lowest BCUT2D eigenvalue weighted by Crippen LogP contribution is -2.14. The second-order valence-electron chi connectivity index (χ2n) is 4.95. The maximum absolute atomic E-state index is 9.98. The Labute approximate surface area is 99.5 Å². The summed E-state index contributed by atoms with van der Waals surface area (Å²) in [5.74, 6) is 1.07. The molecule has 0 saturated carbocycles. The number of benzene rings is 1. The van der Waals surface area contributed by atoms with Crippen LogP contribution in [0.2, 0.25) is 0 Å². The first-order valence-corrected chi connectivity index (χ1v) is 6.36. The van der Waals surface area contributed by atoms with Crippen LogP contribution in [0.4, 0.5) is 0 Å². The second kappa shape index (κ2) is 6.70. The fourth-order valence-corrected chi connectivity index (χ4v) is 2.05. The molecule has 0 aliphatic rings. The molecule has 0 amide bonds. The third kappa shape index (κ3) is 4.36. The lowest BCUT2D eigenvalue weighted by Gasteiger charge is -2.19. The van der Waals surface area contributed by atoms with Crippen LogP contribution >= 0.6 is 0 Å². The van der Waals surface area contributed by atoms with Gasteiger partial charge >= 0.3 is 0 Å². The van der Waals surface area contributed by atoms with Crippen LogP contribution in [0.15, 0.2) is 30.3 Å². The summed E-state index contributed by atoms with van der Waals surface area (Å²) in [7, 11) is 0. The van der Waals surface area contributed by atoms with Gasteiger partial charge in [0, 0.05) is 0 Å². The number of aliphatic hydroxyl groups is 1. The summed E-state index contributed by atoms with van der Waals surface area (Å²) in [5.41, 5.74) is 1.32. The fourth-order valence-electron chi connectivity index (χ4n) is 2.05. The summed E-state index contributed by atoms with van der Waals surface area (Å²) in [6.07, 6.45) is 2.78. The van der Waals surface area contributed by atoms with Gasteiger partial charge in [-0.05, 0) is 30.2 Å². The Morgan fingerprint density at radius 3 is 2.25 bits per heavy atom. The Morgan fingerprint density at radius 1 is 1.06 bits per heavy atom. The van der Waals surface area contributed by atoms with E-state index < -0.39 is 0 Å². The van der Waals surface area contributed by atoms with E-state index in [1.165, 1.54) is 5.56 Å². The molecule has 3 atom stereocenters. The summed E-state index contributed by atoms with van der Waals surface area (Å²) < 4.78 is 0. The van der Waals surface area contributed by atoms with Crippen molar-refractivity contribution in [1.82, 2.24) is 0 Å². The molecule has 0 heterocycles. The summed E-state index contributed by atoms with van der Waals surface area (Å²) in [4.78, 5) is 0. The van der Waals surface area contributed by atoms with E-state index >= 15 is 0 Å². The van der Waals surface area contributed by atoms with Crippen molar-refractivity contribution in [2.45, 2.75) is 52.1 Å². The summed E-state index contributed by atoms with van der Waals surface area (Å²) in [6, 6.07) is 10.4. The topological polar surface area (TPSA) is 20.2 Å². The molecule has 0 saturated heterocycles. The molecule has 0 spiro atoms. The molecule has 0 radical (unpaired) electrons. The standard InChI is InChI=1S/C15H24O/c1-4-12(2)10-15(16)11-13(3)14-8-6-5-7-9-14/h5-9,12-13,15-16H,4,10-11H2,1-3H3. The summed E-state index contributed by atoms with van der Waals surface area (Å²) >= 11 is 0. The van der Waals surface area contributed by atoms with E-state index in [0.29, 0.717) is 11.8 Å². The van der Waals surface area contributed by atoms with Crippen LogP contribution < -0.4 is 0 Å². The van der Waals surface area contributed by atoms with Crippen LogP contribution in [0.1, 0.15) is 51.5 Å². The van der Waals surface area contributed by atoms with Crippen LogP contribution in [-0.2, 0) is 0 Å². The van der Waals surface area contributed by atoms with Crippen LogP contribution in [0.25, 0.3) is 0 Å². The molecule has 0 aliphatic carbocycles. The number of rotatable bonds is 6. The van der Waals surface area contributed by atoms with E-state index in [2.05, 4.69) is 45.0 Å². The van der Waals surface area contributed by atoms with Gasteiger partial charge in [0.2, 0.25) is 0 Å². The summed E-state index contributed by atoms with van der Waals surface area (Å²) in [6.45, 7) is 6.57. The zero-order valence-corrected chi connectivity index (χ0v) is 10.7. The van der Waals surface area contributed by atoms with E-state index in [9.17, 15) is 5.11 Å². The molecule has 90 valence electrons. The van der Waals surface area contributed by atoms with Gasteiger partial charge in [-0.25, -0.2) is 0 Å². The lowest BCUT2D eigenvalue weighted by molar-refractivity contribution is 0.129. The first-order valence-electron chi connectivity index (χ1n) is 6.36. The van der Waals surface area contributed by atoms with E-state index in [4.69, 9.17) is 0 Å². The maximum atomic E-state index is 9.98. The zero-order valence-electron chi connectivity index (χ0n) is 10.7. The van der Waals surface area contributed by atoms with Crippen molar-refractivity contribution in [3.63, 3.8) is 0 Å². The molecular formula is C15H24O. The minimum atomic E-state index is -0.162. The van der Waals surface area contributed by atoms with Gasteiger partial charge in [0.25, 0.3) is 0 Å². The molecule has 0 bridgehead atoms. The van der Waals surface area contributed by atoms with Gasteiger partial charge in [-0.15, -0.1) is 0 Å². The average Bonchev–Trinajstić information content (AvgIpc) is 2.29. The van der Waals surface area contributed by atoms with Gasteiger partial charge in [-0.3, -0.25) is 0 Å². The van der Waals surface area contributed by atoms with Crippen molar-refractivity contribution in [3.8, 4) is 0 Å². The van der Waals surface area contributed by atoms with Crippen molar-refractivity contribution >= 4 is 0 Å². The van der Waals surface area contributed by atoms with E-state index in [1.54, 1.807) is 0 Å². The zero-order chi connectivity index (χ0) is 12.0. The minimum absolute atomic E-state index is 0.162. The molecular weight excluding hydrogens is 196 g/mol. The average molecular weight is 220 g/mol. The smallest absolute Gasteiger partial charge is 0.0548 e. The van der Waals surface area contributed by atoms with Gasteiger partial charge in [-0.2, -0.15) is 0 Å². The Bertz CT molecular complexity index is 281. The Balaban J connectivity index is 2.42. The molecule has 1 nitrogen and oxygen atoms in total. The Kier molecular flexibility index (Phi) is 5.54. The van der Waals surface area contributed by atoms with Gasteiger partial charge in [-0.1, -0.05) is 57.5 Å². The molecule has 3 unspecified atom stereocenters. The molecule has 1 aromatic rings. The lowest BCUT2D eigenvalue weighted by atomic mass is 9.91. The van der Waals surface area contributed by atoms with Gasteiger partial charge < -0.3 is 5.11 Å². The van der Waals surface area contributed by atoms with Crippen LogP contribution in [0.3, 0.4) is 0 Å². The maximum Gasteiger partial charge on any atom is 0.0548 e. The van der Waals surface area contributed by atoms with Crippen molar-refractivity contribution < 1.29 is 5.11 Å². The van der Waals surface area contributed by atoms with Gasteiger partial charge in [0.15, 0.2) is 0 Å². The molecule has 0 aromatic heterocycles. The van der Waals surface area contributed by atoms with E-state index in [1.807, 2.05) is 6.07 Å². The minimum Gasteiger partial charge on any atom is -0.393 e.